The molecule has 0 spiro atoms. The van der Waals surface area contributed by atoms with Gasteiger partial charge in [-0.1, -0.05) is 0 Å². The van der Waals surface area contributed by atoms with Crippen LogP contribution in [0, 0.1) is 0 Å². The molecule has 0 bridgehead atoms. The fraction of sp³-hybridized carbons (Fsp3) is 0.909. The average Bonchev–Trinajstić information content (AvgIpc) is 2.15. The van der Waals surface area contributed by atoms with Crippen molar-refractivity contribution < 1.29 is 0 Å². The first-order chi connectivity index (χ1) is 6.72. The maximum atomic E-state index is 3.08. The summed E-state index contributed by atoms with van der Waals surface area (Å²) in [5.41, 5.74) is 0. The molecule has 0 heterocycles. The van der Waals surface area contributed by atoms with Gasteiger partial charge >= 0.3 is 105 Å². The van der Waals surface area contributed by atoms with Crippen LogP contribution in [-0.4, -0.2) is 53.0 Å². The summed E-state index contributed by atoms with van der Waals surface area (Å²) >= 11 is 6.16. The zero-order valence-electron chi connectivity index (χ0n) is 9.42. The fourth-order valence-electron chi connectivity index (χ4n) is 1.40. The van der Waals surface area contributed by atoms with Crippen LogP contribution in [0.5, 0.6) is 0 Å². The van der Waals surface area contributed by atoms with Crippen LogP contribution < -0.4 is 0 Å². The Hall–Kier alpha value is 0.709. The van der Waals surface area contributed by atoms with Crippen LogP contribution in [0.4, 0.5) is 0 Å². The van der Waals surface area contributed by atoms with Gasteiger partial charge in [-0.2, -0.15) is 0 Å². The van der Waals surface area contributed by atoms with E-state index in [0.717, 1.165) is 0 Å². The molecule has 0 saturated heterocycles. The van der Waals surface area contributed by atoms with E-state index in [-0.39, 0.29) is 0 Å². The second-order valence-corrected chi connectivity index (χ2v) is 6.60. The molecular formula is C11H22NSe2. The minimum absolute atomic E-state index is 1.20. The van der Waals surface area contributed by atoms with Crippen molar-refractivity contribution in [2.24, 2.45) is 0 Å². The van der Waals surface area contributed by atoms with Crippen molar-refractivity contribution in [2.75, 3.05) is 13.1 Å². The van der Waals surface area contributed by atoms with E-state index in [1.165, 1.54) is 55.1 Å². The van der Waals surface area contributed by atoms with E-state index in [0.29, 0.717) is 0 Å². The maximum absolute atomic E-state index is 3.08. The van der Waals surface area contributed by atoms with Crippen LogP contribution in [-0.2, 0) is 0 Å². The van der Waals surface area contributed by atoms with Gasteiger partial charge in [-0.3, -0.25) is 0 Å². The third-order valence-electron chi connectivity index (χ3n) is 2.32. The first-order valence-electron chi connectivity index (χ1n) is 5.68. The molecule has 0 aliphatic rings. The fourth-order valence-corrected chi connectivity index (χ4v) is 2.17. The SMILES string of the molecule is CCCCCN(CCCCC)C([Se])=[Se]. The topological polar surface area (TPSA) is 3.24 Å². The molecule has 0 atom stereocenters. The average molecular weight is 326 g/mol. The molecule has 1 nitrogen and oxygen atoms in total. The van der Waals surface area contributed by atoms with Gasteiger partial charge in [0.15, 0.2) is 0 Å². The molecule has 0 saturated carbocycles. The molecule has 0 aromatic rings. The Labute approximate surface area is 105 Å². The van der Waals surface area contributed by atoms with E-state index in [1.54, 1.807) is 0 Å². The molecule has 0 amide bonds. The Morgan fingerprint density at radius 3 is 1.64 bits per heavy atom. The third-order valence-corrected chi connectivity index (χ3v) is 3.40. The molecule has 0 aromatic carbocycles. The van der Waals surface area contributed by atoms with E-state index in [9.17, 15) is 0 Å². The predicted molar refractivity (Wildman–Crippen MR) is 67.1 cm³/mol. The molecule has 83 valence electrons. The second-order valence-electron chi connectivity index (χ2n) is 3.67. The molecule has 0 unspecified atom stereocenters. The van der Waals surface area contributed by atoms with Crippen LogP contribution in [0.1, 0.15) is 52.4 Å². The normalized spacial score (nSPS) is 10.1. The van der Waals surface area contributed by atoms with Gasteiger partial charge in [0.05, 0.1) is 0 Å². The summed E-state index contributed by atoms with van der Waals surface area (Å²) in [5.74, 6) is 0. The molecule has 0 aliphatic heterocycles. The van der Waals surface area contributed by atoms with E-state index in [2.05, 4.69) is 50.3 Å². The summed E-state index contributed by atoms with van der Waals surface area (Å²) in [6, 6.07) is 0. The van der Waals surface area contributed by atoms with Gasteiger partial charge in [-0.15, -0.1) is 0 Å². The van der Waals surface area contributed by atoms with Crippen LogP contribution in [0.15, 0.2) is 0 Å². The van der Waals surface area contributed by atoms with Gasteiger partial charge in [-0.25, -0.2) is 0 Å². The van der Waals surface area contributed by atoms with E-state index in [4.69, 9.17) is 0 Å². The van der Waals surface area contributed by atoms with Crippen molar-refractivity contribution in [2.45, 2.75) is 52.4 Å². The van der Waals surface area contributed by atoms with Crippen LogP contribution in [0.3, 0.4) is 0 Å². The molecular weight excluding hydrogens is 304 g/mol. The summed E-state index contributed by atoms with van der Waals surface area (Å²) < 4.78 is 1.23. The van der Waals surface area contributed by atoms with Crippen molar-refractivity contribution in [1.29, 1.82) is 0 Å². The molecule has 3 heteroatoms. The van der Waals surface area contributed by atoms with Crippen LogP contribution >= 0.6 is 0 Å². The van der Waals surface area contributed by atoms with Crippen molar-refractivity contribution in [1.82, 2.24) is 4.90 Å². The van der Waals surface area contributed by atoms with Crippen molar-refractivity contribution >= 4 is 35.0 Å². The first-order valence-corrected chi connectivity index (χ1v) is 7.39. The quantitative estimate of drug-likeness (QED) is 0.463. The Morgan fingerprint density at radius 1 is 0.929 bits per heavy atom. The summed E-state index contributed by atoms with van der Waals surface area (Å²) in [6.07, 6.45) is 7.93. The number of hydrogen-bond acceptors (Lipinski definition) is 1. The van der Waals surface area contributed by atoms with E-state index in [1.807, 2.05) is 0 Å². The Morgan fingerprint density at radius 2 is 1.36 bits per heavy atom. The van der Waals surface area contributed by atoms with Gasteiger partial charge in [0.25, 0.3) is 0 Å². The minimum atomic E-state index is 1.20. The molecule has 0 N–H and O–H groups in total. The standard InChI is InChI=1S/C11H22NSe2/c1-3-5-7-9-12(11(13)14)10-8-6-4-2/h3-10H2,1-2H3. The second kappa shape index (κ2) is 10.2. The number of hydrogen-bond donors (Lipinski definition) is 0. The summed E-state index contributed by atoms with van der Waals surface area (Å²) in [4.78, 5) is 2.44. The van der Waals surface area contributed by atoms with Crippen molar-refractivity contribution in [3.8, 4) is 0 Å². The molecule has 0 aliphatic carbocycles. The van der Waals surface area contributed by atoms with E-state index < -0.39 is 0 Å². The summed E-state index contributed by atoms with van der Waals surface area (Å²) in [5, 5.41) is 0. The zero-order chi connectivity index (χ0) is 10.8. The first kappa shape index (κ1) is 14.7. The Kier molecular flexibility index (Phi) is 10.8. The van der Waals surface area contributed by atoms with Gasteiger partial charge in [0.1, 0.15) is 0 Å². The van der Waals surface area contributed by atoms with Gasteiger partial charge in [-0.05, 0) is 0 Å². The Balaban J connectivity index is 3.61. The summed E-state index contributed by atoms with van der Waals surface area (Å²) in [7, 11) is 0. The molecule has 1 radical (unpaired) electrons. The molecule has 0 aromatic heterocycles. The van der Waals surface area contributed by atoms with Crippen LogP contribution in [0.2, 0.25) is 0 Å². The summed E-state index contributed by atoms with van der Waals surface area (Å²) in [6.45, 7) is 6.91. The molecule has 0 fully saturated rings. The number of rotatable bonds is 9. The Bertz CT molecular complexity index is 138. The van der Waals surface area contributed by atoms with E-state index >= 15 is 0 Å². The van der Waals surface area contributed by atoms with Gasteiger partial charge in [0, 0.05) is 0 Å². The number of unbranched alkanes of at least 4 members (excludes halogenated alkanes) is 4. The van der Waals surface area contributed by atoms with Crippen molar-refractivity contribution in [3.05, 3.63) is 0 Å². The number of nitrogens with zero attached hydrogens (tertiary/aromatic N) is 1. The van der Waals surface area contributed by atoms with Gasteiger partial charge in [0.2, 0.25) is 0 Å². The van der Waals surface area contributed by atoms with Crippen molar-refractivity contribution in [3.63, 3.8) is 0 Å². The van der Waals surface area contributed by atoms with Gasteiger partial charge < -0.3 is 0 Å². The third kappa shape index (κ3) is 8.05. The zero-order valence-corrected chi connectivity index (χ0v) is 12.8. The molecule has 14 heavy (non-hydrogen) atoms. The van der Waals surface area contributed by atoms with Crippen LogP contribution in [0.25, 0.3) is 0 Å². The monoisotopic (exact) mass is 328 g/mol. The molecule has 0 rings (SSSR count). The predicted octanol–water partition coefficient (Wildman–Crippen LogP) is 2.09.